The topological polar surface area (TPSA) is 109 Å². The first-order valence-corrected chi connectivity index (χ1v) is 13.1. The first kappa shape index (κ1) is 23.6. The van der Waals surface area contributed by atoms with Crippen LogP contribution in [-0.4, -0.2) is 55.9 Å². The smallest absolute Gasteiger partial charge is 0.262 e. The van der Waals surface area contributed by atoms with Crippen LogP contribution in [0.2, 0.25) is 0 Å². The largest absolute Gasteiger partial charge is 0.351 e. The normalized spacial score (nSPS) is 20.0. The van der Waals surface area contributed by atoms with Crippen molar-refractivity contribution in [2.45, 2.75) is 57.2 Å². The molecule has 1 saturated carbocycles. The number of anilines is 2. The Morgan fingerprint density at radius 3 is 2.54 bits per heavy atom. The van der Waals surface area contributed by atoms with Crippen molar-refractivity contribution in [2.24, 2.45) is 10.9 Å². The fourth-order valence-corrected chi connectivity index (χ4v) is 5.44. The SMILES string of the molecule is Cc1cnn(CC2CC2)c1NC(=O)c1ccc(NC(=O)CC2SC(N3CCCCC3)=NC2=O)cc1. The number of aliphatic imine (C=N–C) groups is 1. The lowest BCUT2D eigenvalue weighted by molar-refractivity contribution is -0.121. The monoisotopic (exact) mass is 494 g/mol. The van der Waals surface area contributed by atoms with Crippen LogP contribution >= 0.6 is 11.8 Å². The van der Waals surface area contributed by atoms with E-state index in [-0.39, 0.29) is 24.1 Å². The van der Waals surface area contributed by atoms with E-state index in [9.17, 15) is 14.4 Å². The van der Waals surface area contributed by atoms with Gasteiger partial charge in [0.1, 0.15) is 11.1 Å². The van der Waals surface area contributed by atoms with E-state index in [4.69, 9.17) is 0 Å². The quantitative estimate of drug-likeness (QED) is 0.608. The minimum Gasteiger partial charge on any atom is -0.351 e. The van der Waals surface area contributed by atoms with Gasteiger partial charge in [-0.1, -0.05) is 11.8 Å². The molecule has 10 heteroatoms. The summed E-state index contributed by atoms with van der Waals surface area (Å²) in [7, 11) is 0. The number of nitrogens with one attached hydrogen (secondary N) is 2. The number of likely N-dealkylation sites (tertiary alicyclic amines) is 1. The summed E-state index contributed by atoms with van der Waals surface area (Å²) in [6, 6.07) is 6.74. The maximum Gasteiger partial charge on any atom is 0.262 e. The Hall–Kier alpha value is -3.14. The zero-order valence-electron chi connectivity index (χ0n) is 19.8. The van der Waals surface area contributed by atoms with Gasteiger partial charge in [0.05, 0.1) is 6.20 Å². The highest BCUT2D eigenvalue weighted by atomic mass is 32.2. The average Bonchev–Trinajstić information content (AvgIpc) is 3.52. The molecule has 35 heavy (non-hydrogen) atoms. The molecule has 2 aromatic rings. The van der Waals surface area contributed by atoms with Crippen LogP contribution in [0.5, 0.6) is 0 Å². The van der Waals surface area contributed by atoms with Crippen LogP contribution in [0, 0.1) is 12.8 Å². The van der Waals surface area contributed by atoms with E-state index in [0.717, 1.165) is 49.0 Å². The van der Waals surface area contributed by atoms with E-state index in [1.807, 2.05) is 11.6 Å². The molecular formula is C25H30N6O3S. The molecule has 5 rings (SSSR count). The van der Waals surface area contributed by atoms with Crippen molar-refractivity contribution >= 4 is 46.2 Å². The molecule has 3 aliphatic rings. The molecule has 184 valence electrons. The molecule has 9 nitrogen and oxygen atoms in total. The number of piperidine rings is 1. The van der Waals surface area contributed by atoms with Gasteiger partial charge in [-0.3, -0.25) is 14.4 Å². The van der Waals surface area contributed by atoms with E-state index in [2.05, 4.69) is 25.6 Å². The third-order valence-electron chi connectivity index (χ3n) is 6.54. The molecule has 0 radical (unpaired) electrons. The van der Waals surface area contributed by atoms with Crippen molar-refractivity contribution in [1.82, 2.24) is 14.7 Å². The highest BCUT2D eigenvalue weighted by molar-refractivity contribution is 8.15. The lowest BCUT2D eigenvalue weighted by atomic mass is 10.1. The molecular weight excluding hydrogens is 464 g/mol. The zero-order chi connectivity index (χ0) is 24.4. The molecule has 0 spiro atoms. The summed E-state index contributed by atoms with van der Waals surface area (Å²) in [6.45, 7) is 4.58. The third-order valence-corrected chi connectivity index (χ3v) is 7.75. The van der Waals surface area contributed by atoms with Gasteiger partial charge in [0.2, 0.25) is 5.91 Å². The van der Waals surface area contributed by atoms with Crippen molar-refractivity contribution in [3.8, 4) is 0 Å². The molecule has 3 heterocycles. The number of amidine groups is 1. The fraction of sp³-hybridized carbons (Fsp3) is 0.480. The Kier molecular flexibility index (Phi) is 6.90. The summed E-state index contributed by atoms with van der Waals surface area (Å²) < 4.78 is 1.86. The average molecular weight is 495 g/mol. The predicted octanol–water partition coefficient (Wildman–Crippen LogP) is 3.67. The molecule has 1 unspecified atom stereocenters. The first-order valence-electron chi connectivity index (χ1n) is 12.2. The van der Waals surface area contributed by atoms with Crippen LogP contribution in [0.25, 0.3) is 0 Å². The number of aryl methyl sites for hydroxylation is 1. The van der Waals surface area contributed by atoms with E-state index in [1.165, 1.54) is 31.0 Å². The summed E-state index contributed by atoms with van der Waals surface area (Å²) in [4.78, 5) is 44.0. The maximum absolute atomic E-state index is 12.8. The summed E-state index contributed by atoms with van der Waals surface area (Å²) in [5.41, 5.74) is 1.99. The van der Waals surface area contributed by atoms with Crippen LogP contribution in [0.1, 0.15) is 54.4 Å². The Balaban J connectivity index is 1.13. The molecule has 2 fully saturated rings. The van der Waals surface area contributed by atoms with Gasteiger partial charge < -0.3 is 15.5 Å². The number of rotatable bonds is 7. The molecule has 1 aromatic heterocycles. The van der Waals surface area contributed by atoms with Gasteiger partial charge in [-0.25, -0.2) is 4.68 Å². The zero-order valence-corrected chi connectivity index (χ0v) is 20.6. The van der Waals surface area contributed by atoms with Crippen LogP contribution in [0.3, 0.4) is 0 Å². The van der Waals surface area contributed by atoms with Crippen molar-refractivity contribution in [3.63, 3.8) is 0 Å². The van der Waals surface area contributed by atoms with E-state index >= 15 is 0 Å². The fourth-order valence-electron chi connectivity index (χ4n) is 4.32. The number of carbonyl (C=O) groups excluding carboxylic acids is 3. The molecule has 2 aliphatic heterocycles. The number of aromatic nitrogens is 2. The highest BCUT2D eigenvalue weighted by Crippen LogP contribution is 2.32. The highest BCUT2D eigenvalue weighted by Gasteiger charge is 2.33. The predicted molar refractivity (Wildman–Crippen MR) is 137 cm³/mol. The maximum atomic E-state index is 12.8. The first-order chi connectivity index (χ1) is 17.0. The molecule has 1 atom stereocenters. The number of carbonyl (C=O) groups is 3. The van der Waals surface area contributed by atoms with Crippen LogP contribution in [0.15, 0.2) is 35.5 Å². The Bertz CT molecular complexity index is 1150. The molecule has 3 amide bonds. The number of nitrogens with zero attached hydrogens (tertiary/aromatic N) is 4. The molecule has 1 aliphatic carbocycles. The second kappa shape index (κ2) is 10.2. The van der Waals surface area contributed by atoms with E-state index in [1.54, 1.807) is 30.5 Å². The molecule has 2 N–H and O–H groups in total. The Labute approximate surface area is 208 Å². The summed E-state index contributed by atoms with van der Waals surface area (Å²) in [5.74, 6) is 0.661. The van der Waals surface area contributed by atoms with Crippen molar-refractivity contribution in [1.29, 1.82) is 0 Å². The number of thioether (sulfide) groups is 1. The van der Waals surface area contributed by atoms with Gasteiger partial charge in [-0.15, -0.1) is 0 Å². The number of amides is 3. The van der Waals surface area contributed by atoms with Gasteiger partial charge in [0, 0.05) is 42.9 Å². The lowest BCUT2D eigenvalue weighted by Gasteiger charge is -2.27. The van der Waals surface area contributed by atoms with Gasteiger partial charge >= 0.3 is 0 Å². The lowest BCUT2D eigenvalue weighted by Crippen LogP contribution is -2.33. The molecule has 0 bridgehead atoms. The van der Waals surface area contributed by atoms with Gasteiger partial charge in [-0.05, 0) is 69.2 Å². The summed E-state index contributed by atoms with van der Waals surface area (Å²) >= 11 is 1.39. The van der Waals surface area contributed by atoms with Gasteiger partial charge in [0.25, 0.3) is 11.8 Å². The second-order valence-corrected chi connectivity index (χ2v) is 10.6. The number of benzene rings is 1. The van der Waals surface area contributed by atoms with E-state index in [0.29, 0.717) is 17.2 Å². The standard InChI is InChI=1S/C25H30N6O3S/c1-16-14-26-31(15-17-5-6-17)22(16)28-23(33)18-7-9-19(10-8-18)27-21(32)13-20-24(34)29-25(35-20)30-11-3-2-4-12-30/h7-10,14,17,20H,2-6,11-13,15H2,1H3,(H,27,32)(H,28,33). The molecule has 1 saturated heterocycles. The van der Waals surface area contributed by atoms with Crippen LogP contribution in [-0.2, 0) is 16.1 Å². The molecule has 1 aromatic carbocycles. The third kappa shape index (κ3) is 5.75. The van der Waals surface area contributed by atoms with Crippen LogP contribution in [0.4, 0.5) is 11.5 Å². The summed E-state index contributed by atoms with van der Waals surface area (Å²) in [6.07, 6.45) is 7.67. The Morgan fingerprint density at radius 2 is 1.83 bits per heavy atom. The van der Waals surface area contributed by atoms with Gasteiger partial charge in [0.15, 0.2) is 5.17 Å². The number of hydrogen-bond donors (Lipinski definition) is 2. The number of hydrogen-bond acceptors (Lipinski definition) is 6. The summed E-state index contributed by atoms with van der Waals surface area (Å²) in [5, 5.41) is 10.4. The minimum atomic E-state index is -0.485. The van der Waals surface area contributed by atoms with Crippen molar-refractivity contribution in [2.75, 3.05) is 23.7 Å². The van der Waals surface area contributed by atoms with Crippen molar-refractivity contribution < 1.29 is 14.4 Å². The second-order valence-electron chi connectivity index (χ2n) is 9.47. The van der Waals surface area contributed by atoms with Crippen LogP contribution < -0.4 is 10.6 Å². The minimum absolute atomic E-state index is 0.0663. The Morgan fingerprint density at radius 1 is 1.09 bits per heavy atom. The van der Waals surface area contributed by atoms with E-state index < -0.39 is 5.25 Å². The van der Waals surface area contributed by atoms with Gasteiger partial charge in [-0.2, -0.15) is 10.1 Å². The van der Waals surface area contributed by atoms with Crippen molar-refractivity contribution in [3.05, 3.63) is 41.6 Å².